The molecule has 0 spiro atoms. The van der Waals surface area contributed by atoms with E-state index in [-0.39, 0.29) is 11.0 Å². The van der Waals surface area contributed by atoms with Crippen LogP contribution >= 0.6 is 22.9 Å². The van der Waals surface area contributed by atoms with Crippen molar-refractivity contribution in [2.24, 2.45) is 0 Å². The molecule has 0 bridgehead atoms. The Morgan fingerprint density at radius 3 is 2.61 bits per heavy atom. The minimum absolute atomic E-state index is 0.119. The molecule has 5 rings (SSSR count). The van der Waals surface area contributed by atoms with Gasteiger partial charge >= 0.3 is 6.18 Å². The summed E-state index contributed by atoms with van der Waals surface area (Å²) in [6.45, 7) is 4.89. The minimum Gasteiger partial charge on any atom is -0.321 e. The number of pyridine rings is 1. The Morgan fingerprint density at radius 2 is 1.90 bits per heavy atom. The van der Waals surface area contributed by atoms with Gasteiger partial charge in [-0.1, -0.05) is 17.7 Å². The maximum absolute atomic E-state index is 13.9. The molecule has 10 heteroatoms. The highest BCUT2D eigenvalue weighted by Gasteiger charge is 2.37. The van der Waals surface area contributed by atoms with Gasteiger partial charge in [-0.3, -0.25) is 4.90 Å². The molecule has 3 aromatic heterocycles. The van der Waals surface area contributed by atoms with E-state index in [4.69, 9.17) is 11.6 Å². The number of nitrogens with one attached hydrogen (secondary N) is 1. The van der Waals surface area contributed by atoms with E-state index in [2.05, 4.69) is 20.2 Å². The van der Waals surface area contributed by atoms with E-state index in [0.29, 0.717) is 28.3 Å². The fourth-order valence-electron chi connectivity index (χ4n) is 4.05. The van der Waals surface area contributed by atoms with Crippen LogP contribution in [0.5, 0.6) is 0 Å². The average Bonchev–Trinajstić information content (AvgIpc) is 3.39. The molecule has 0 atom stereocenters. The van der Waals surface area contributed by atoms with E-state index in [9.17, 15) is 13.2 Å². The van der Waals surface area contributed by atoms with Crippen molar-refractivity contribution in [2.75, 3.05) is 32.7 Å². The standard InChI is InChI=1S/C21H19ClF3N5S/c22-13-3-4-14-15(12-13)27-19(21(23,24)25)17-18(14)30(10-9-29-7-5-26-6-8-29)20(28-17)16-2-1-11-31-16/h1-4,11-12,26H,5-10H2. The van der Waals surface area contributed by atoms with Crippen LogP contribution in [0.3, 0.4) is 0 Å². The summed E-state index contributed by atoms with van der Waals surface area (Å²) >= 11 is 7.53. The Balaban J connectivity index is 1.75. The average molecular weight is 466 g/mol. The largest absolute Gasteiger partial charge is 0.435 e. The summed E-state index contributed by atoms with van der Waals surface area (Å²) in [6, 6.07) is 8.64. The van der Waals surface area contributed by atoms with E-state index in [1.54, 1.807) is 12.1 Å². The van der Waals surface area contributed by atoms with Gasteiger partial charge in [0.25, 0.3) is 0 Å². The van der Waals surface area contributed by atoms with Gasteiger partial charge < -0.3 is 9.88 Å². The topological polar surface area (TPSA) is 46.0 Å². The molecule has 1 N–H and O–H groups in total. The lowest BCUT2D eigenvalue weighted by molar-refractivity contribution is -0.139. The van der Waals surface area contributed by atoms with E-state index in [0.717, 1.165) is 37.6 Å². The molecule has 0 unspecified atom stereocenters. The lowest BCUT2D eigenvalue weighted by Gasteiger charge is -2.27. The van der Waals surface area contributed by atoms with Crippen LogP contribution in [-0.4, -0.2) is 52.2 Å². The van der Waals surface area contributed by atoms with Crippen molar-refractivity contribution in [3.63, 3.8) is 0 Å². The van der Waals surface area contributed by atoms with Gasteiger partial charge in [0.05, 0.1) is 15.9 Å². The molecule has 0 radical (unpaired) electrons. The lowest BCUT2D eigenvalue weighted by Crippen LogP contribution is -2.44. The number of alkyl halides is 3. The maximum Gasteiger partial charge on any atom is 0.435 e. The second-order valence-electron chi connectivity index (χ2n) is 7.47. The van der Waals surface area contributed by atoms with Crippen LogP contribution in [-0.2, 0) is 12.7 Å². The third-order valence-corrected chi connectivity index (χ3v) is 6.60. The van der Waals surface area contributed by atoms with Gasteiger partial charge in [0, 0.05) is 49.7 Å². The molecule has 162 valence electrons. The molecule has 1 aromatic carbocycles. The van der Waals surface area contributed by atoms with Crippen LogP contribution in [0.15, 0.2) is 35.7 Å². The predicted octanol–water partition coefficient (Wildman–Crippen LogP) is 4.89. The number of hydrogen-bond acceptors (Lipinski definition) is 5. The first kappa shape index (κ1) is 20.7. The number of halogens is 4. The fourth-order valence-corrected chi connectivity index (χ4v) is 4.94. The molecule has 4 aromatic rings. The first-order chi connectivity index (χ1) is 14.9. The zero-order valence-electron chi connectivity index (χ0n) is 16.4. The Hall–Kier alpha value is -2.20. The summed E-state index contributed by atoms with van der Waals surface area (Å²) in [6.07, 6.45) is -4.63. The van der Waals surface area contributed by atoms with Gasteiger partial charge in [-0.15, -0.1) is 11.3 Å². The van der Waals surface area contributed by atoms with Crippen LogP contribution in [0, 0.1) is 0 Å². The van der Waals surface area contributed by atoms with Crippen molar-refractivity contribution in [3.8, 4) is 10.7 Å². The fraction of sp³-hybridized carbons (Fsp3) is 0.333. The number of hydrogen-bond donors (Lipinski definition) is 1. The number of aromatic nitrogens is 3. The van der Waals surface area contributed by atoms with Gasteiger partial charge in [-0.05, 0) is 29.6 Å². The molecule has 1 aliphatic heterocycles. The van der Waals surface area contributed by atoms with Crippen molar-refractivity contribution >= 4 is 44.9 Å². The molecule has 0 aliphatic carbocycles. The molecule has 31 heavy (non-hydrogen) atoms. The maximum atomic E-state index is 13.9. The van der Waals surface area contributed by atoms with Crippen LogP contribution in [0.25, 0.3) is 32.6 Å². The van der Waals surface area contributed by atoms with Crippen molar-refractivity contribution < 1.29 is 13.2 Å². The Labute approximate surface area is 185 Å². The Morgan fingerprint density at radius 1 is 1.10 bits per heavy atom. The second-order valence-corrected chi connectivity index (χ2v) is 8.86. The third-order valence-electron chi connectivity index (χ3n) is 5.50. The molecular weight excluding hydrogens is 447 g/mol. The normalized spacial score (nSPS) is 15.9. The van der Waals surface area contributed by atoms with E-state index >= 15 is 0 Å². The number of benzene rings is 1. The molecule has 1 fully saturated rings. The van der Waals surface area contributed by atoms with Crippen LogP contribution in [0.2, 0.25) is 5.02 Å². The van der Waals surface area contributed by atoms with Crippen LogP contribution < -0.4 is 5.32 Å². The van der Waals surface area contributed by atoms with Gasteiger partial charge in [-0.2, -0.15) is 13.2 Å². The van der Waals surface area contributed by atoms with Gasteiger partial charge in [0.2, 0.25) is 0 Å². The monoisotopic (exact) mass is 465 g/mol. The SMILES string of the molecule is FC(F)(F)c1nc2cc(Cl)ccc2c2c1nc(-c1cccs1)n2CCN1CCNCC1. The predicted molar refractivity (Wildman–Crippen MR) is 118 cm³/mol. The molecule has 1 aliphatic rings. The van der Waals surface area contributed by atoms with Gasteiger partial charge in [0.1, 0.15) is 5.52 Å². The van der Waals surface area contributed by atoms with Crippen LogP contribution in [0.4, 0.5) is 13.2 Å². The first-order valence-electron chi connectivity index (χ1n) is 9.95. The van der Waals surface area contributed by atoms with E-state index < -0.39 is 11.9 Å². The number of fused-ring (bicyclic) bond motifs is 3. The van der Waals surface area contributed by atoms with Crippen molar-refractivity contribution in [2.45, 2.75) is 12.7 Å². The third kappa shape index (κ3) is 3.91. The molecule has 5 nitrogen and oxygen atoms in total. The smallest absolute Gasteiger partial charge is 0.321 e. The summed E-state index contributed by atoms with van der Waals surface area (Å²) in [5.74, 6) is 0.537. The quantitative estimate of drug-likeness (QED) is 0.466. The second kappa shape index (κ2) is 8.05. The summed E-state index contributed by atoms with van der Waals surface area (Å²) in [5.41, 5.74) is -0.428. The number of rotatable bonds is 4. The zero-order chi connectivity index (χ0) is 21.6. The first-order valence-corrected chi connectivity index (χ1v) is 11.2. The minimum atomic E-state index is -4.63. The number of thiophene rings is 1. The Kier molecular flexibility index (Phi) is 5.37. The number of imidazole rings is 1. The summed E-state index contributed by atoms with van der Waals surface area (Å²) in [7, 11) is 0. The van der Waals surface area contributed by atoms with Gasteiger partial charge in [-0.25, -0.2) is 9.97 Å². The summed E-state index contributed by atoms with van der Waals surface area (Å²) in [4.78, 5) is 11.5. The molecule has 4 heterocycles. The van der Waals surface area contributed by atoms with Gasteiger partial charge in [0.15, 0.2) is 11.5 Å². The Bertz CT molecular complexity index is 1230. The van der Waals surface area contributed by atoms with Crippen LogP contribution in [0.1, 0.15) is 5.69 Å². The highest BCUT2D eigenvalue weighted by Crippen LogP contribution is 2.39. The molecular formula is C21H19ClF3N5S. The summed E-state index contributed by atoms with van der Waals surface area (Å²) in [5, 5.41) is 6.18. The molecule has 0 amide bonds. The molecule has 1 saturated heterocycles. The zero-order valence-corrected chi connectivity index (χ0v) is 18.0. The highest BCUT2D eigenvalue weighted by molar-refractivity contribution is 7.13. The van der Waals surface area contributed by atoms with Crippen molar-refractivity contribution in [1.29, 1.82) is 0 Å². The summed E-state index contributed by atoms with van der Waals surface area (Å²) < 4.78 is 43.8. The number of nitrogens with zero attached hydrogens (tertiary/aromatic N) is 4. The van der Waals surface area contributed by atoms with E-state index in [1.165, 1.54) is 17.4 Å². The number of piperazine rings is 1. The van der Waals surface area contributed by atoms with Crippen molar-refractivity contribution in [1.82, 2.24) is 24.8 Å². The molecule has 0 saturated carbocycles. The lowest BCUT2D eigenvalue weighted by atomic mass is 10.1. The van der Waals surface area contributed by atoms with E-state index in [1.807, 2.05) is 22.1 Å². The van der Waals surface area contributed by atoms with Crippen molar-refractivity contribution in [3.05, 3.63) is 46.4 Å². The highest BCUT2D eigenvalue weighted by atomic mass is 35.5.